The van der Waals surface area contributed by atoms with Crippen molar-refractivity contribution in [3.63, 3.8) is 0 Å². The molecule has 0 unspecified atom stereocenters. The minimum absolute atomic E-state index is 0.0167. The van der Waals surface area contributed by atoms with Crippen LogP contribution in [0.5, 0.6) is 5.75 Å². The average molecular weight is 390 g/mol. The highest BCUT2D eigenvalue weighted by atomic mass is 16.5. The maximum absolute atomic E-state index is 12.8. The number of hydrogen-bond acceptors (Lipinski definition) is 4. The predicted octanol–water partition coefficient (Wildman–Crippen LogP) is 4.43. The van der Waals surface area contributed by atoms with Crippen LogP contribution in [-0.2, 0) is 9.53 Å². The molecule has 1 heterocycles. The molecule has 3 aromatic carbocycles. The van der Waals surface area contributed by atoms with Gasteiger partial charge in [0.2, 0.25) is 5.91 Å². The first kappa shape index (κ1) is 19.3. The molecular weight excluding hydrogens is 364 g/mol. The van der Waals surface area contributed by atoms with E-state index in [9.17, 15) is 4.79 Å². The zero-order valence-electron chi connectivity index (χ0n) is 16.9. The Kier molecular flexibility index (Phi) is 5.67. The third-order valence-corrected chi connectivity index (χ3v) is 5.48. The summed E-state index contributed by atoms with van der Waals surface area (Å²) in [5, 5.41) is 5.23. The number of rotatable bonds is 5. The zero-order chi connectivity index (χ0) is 20.2. The molecule has 1 fully saturated rings. The molecule has 0 spiro atoms. The number of morpholine rings is 1. The lowest BCUT2D eigenvalue weighted by Gasteiger charge is -2.29. The van der Waals surface area contributed by atoms with Crippen molar-refractivity contribution in [3.05, 3.63) is 66.2 Å². The lowest BCUT2D eigenvalue weighted by Crippen LogP contribution is -2.36. The van der Waals surface area contributed by atoms with Crippen LogP contribution >= 0.6 is 0 Å². The zero-order valence-corrected chi connectivity index (χ0v) is 16.9. The van der Waals surface area contributed by atoms with E-state index >= 15 is 0 Å². The fourth-order valence-electron chi connectivity index (χ4n) is 3.62. The van der Waals surface area contributed by atoms with Gasteiger partial charge in [0.25, 0.3) is 0 Å². The summed E-state index contributed by atoms with van der Waals surface area (Å²) in [7, 11) is 1.66. The Hall–Kier alpha value is -3.05. The molecule has 1 N–H and O–H groups in total. The molecule has 1 aliphatic rings. The highest BCUT2D eigenvalue weighted by Gasteiger charge is 2.16. The summed E-state index contributed by atoms with van der Waals surface area (Å²) in [6.07, 6.45) is 0. The van der Waals surface area contributed by atoms with Gasteiger partial charge in [0, 0.05) is 24.5 Å². The van der Waals surface area contributed by atoms with Crippen LogP contribution in [0.15, 0.2) is 60.7 Å². The Morgan fingerprint density at radius 2 is 1.69 bits per heavy atom. The summed E-state index contributed by atoms with van der Waals surface area (Å²) < 4.78 is 10.7. The van der Waals surface area contributed by atoms with Crippen molar-refractivity contribution in [3.8, 4) is 5.75 Å². The van der Waals surface area contributed by atoms with Gasteiger partial charge in [-0.05, 0) is 59.7 Å². The van der Waals surface area contributed by atoms with Gasteiger partial charge in [-0.25, -0.2) is 0 Å². The second-order valence-electron chi connectivity index (χ2n) is 7.33. The van der Waals surface area contributed by atoms with E-state index in [0.717, 1.165) is 59.8 Å². The van der Waals surface area contributed by atoms with E-state index in [1.54, 1.807) is 7.11 Å². The van der Waals surface area contributed by atoms with Crippen LogP contribution in [0.1, 0.15) is 18.4 Å². The van der Waals surface area contributed by atoms with Crippen LogP contribution in [0.4, 0.5) is 11.4 Å². The van der Waals surface area contributed by atoms with Gasteiger partial charge in [-0.1, -0.05) is 24.3 Å². The van der Waals surface area contributed by atoms with Crippen LogP contribution in [0, 0.1) is 0 Å². The van der Waals surface area contributed by atoms with Gasteiger partial charge >= 0.3 is 0 Å². The minimum Gasteiger partial charge on any atom is -0.497 e. The summed E-state index contributed by atoms with van der Waals surface area (Å²) in [5.41, 5.74) is 2.96. The first-order valence-electron chi connectivity index (χ1n) is 9.95. The summed E-state index contributed by atoms with van der Waals surface area (Å²) in [6, 6.07) is 20.1. The molecule has 1 amide bonds. The molecule has 1 saturated heterocycles. The lowest BCUT2D eigenvalue weighted by molar-refractivity contribution is -0.117. The maximum Gasteiger partial charge on any atom is 0.231 e. The number of methoxy groups -OCH3 is 1. The third kappa shape index (κ3) is 4.35. The predicted molar refractivity (Wildman–Crippen MR) is 117 cm³/mol. The number of carbonyl (C=O) groups excluding carboxylic acids is 1. The number of benzene rings is 3. The van der Waals surface area contributed by atoms with Gasteiger partial charge in [-0.15, -0.1) is 0 Å². The number of fused-ring (bicyclic) bond motifs is 1. The molecule has 5 nitrogen and oxygen atoms in total. The van der Waals surface area contributed by atoms with Crippen molar-refractivity contribution in [2.24, 2.45) is 0 Å². The molecule has 150 valence electrons. The SMILES string of the molecule is COc1ccc2cc([C@H](C)C(=O)Nc3ccc(N4CCOCC4)cc3)ccc2c1. The summed E-state index contributed by atoms with van der Waals surface area (Å²) in [5.74, 6) is 0.564. The fraction of sp³-hybridized carbons (Fsp3) is 0.292. The standard InChI is InChI=1S/C24H26N2O3/c1-17(18-3-4-20-16-23(28-2)10-5-19(20)15-18)24(27)25-21-6-8-22(9-7-21)26-11-13-29-14-12-26/h3-10,15-17H,11-14H2,1-2H3,(H,25,27)/t17-/m0/s1. The fourth-order valence-corrected chi connectivity index (χ4v) is 3.62. The molecule has 0 aliphatic carbocycles. The van der Waals surface area contributed by atoms with E-state index in [-0.39, 0.29) is 11.8 Å². The van der Waals surface area contributed by atoms with Gasteiger partial charge in [0.05, 0.1) is 26.2 Å². The molecule has 0 bridgehead atoms. The molecule has 4 rings (SSSR count). The van der Waals surface area contributed by atoms with Crippen LogP contribution in [-0.4, -0.2) is 39.3 Å². The Balaban J connectivity index is 1.44. The van der Waals surface area contributed by atoms with E-state index in [4.69, 9.17) is 9.47 Å². The second-order valence-corrected chi connectivity index (χ2v) is 7.33. The van der Waals surface area contributed by atoms with Crippen molar-refractivity contribution < 1.29 is 14.3 Å². The number of hydrogen-bond donors (Lipinski definition) is 1. The van der Waals surface area contributed by atoms with Crippen LogP contribution in [0.2, 0.25) is 0 Å². The van der Waals surface area contributed by atoms with Gasteiger partial charge in [-0.2, -0.15) is 0 Å². The number of ether oxygens (including phenoxy) is 2. The van der Waals surface area contributed by atoms with E-state index in [1.807, 2.05) is 49.4 Å². The van der Waals surface area contributed by atoms with Gasteiger partial charge in [0.15, 0.2) is 0 Å². The number of nitrogens with zero attached hydrogens (tertiary/aromatic N) is 1. The molecular formula is C24H26N2O3. The molecule has 0 saturated carbocycles. The minimum atomic E-state index is -0.250. The molecule has 1 aliphatic heterocycles. The molecule has 0 aromatic heterocycles. The Morgan fingerprint density at radius 1 is 1.00 bits per heavy atom. The van der Waals surface area contributed by atoms with E-state index in [2.05, 4.69) is 28.4 Å². The smallest absolute Gasteiger partial charge is 0.231 e. The van der Waals surface area contributed by atoms with Gasteiger partial charge < -0.3 is 19.7 Å². The summed E-state index contributed by atoms with van der Waals surface area (Å²) in [6.45, 7) is 5.25. The molecule has 3 aromatic rings. The highest BCUT2D eigenvalue weighted by molar-refractivity contribution is 5.96. The molecule has 5 heteroatoms. The highest BCUT2D eigenvalue weighted by Crippen LogP contribution is 2.26. The largest absolute Gasteiger partial charge is 0.497 e. The van der Waals surface area contributed by atoms with Crippen LogP contribution in [0.3, 0.4) is 0 Å². The quantitative estimate of drug-likeness (QED) is 0.700. The van der Waals surface area contributed by atoms with Gasteiger partial charge in [0.1, 0.15) is 5.75 Å². The molecule has 1 atom stereocenters. The van der Waals surface area contributed by atoms with Crippen LogP contribution < -0.4 is 15.0 Å². The Morgan fingerprint density at radius 3 is 2.41 bits per heavy atom. The Labute approximate surface area is 171 Å². The third-order valence-electron chi connectivity index (χ3n) is 5.48. The normalized spacial score (nSPS) is 15.2. The van der Waals surface area contributed by atoms with Crippen molar-refractivity contribution in [2.75, 3.05) is 43.6 Å². The summed E-state index contributed by atoms with van der Waals surface area (Å²) >= 11 is 0. The van der Waals surface area contributed by atoms with Crippen LogP contribution in [0.25, 0.3) is 10.8 Å². The molecule has 29 heavy (non-hydrogen) atoms. The summed E-state index contributed by atoms with van der Waals surface area (Å²) in [4.78, 5) is 15.1. The lowest BCUT2D eigenvalue weighted by atomic mass is 9.97. The van der Waals surface area contributed by atoms with E-state index in [1.165, 1.54) is 0 Å². The van der Waals surface area contributed by atoms with Gasteiger partial charge in [-0.3, -0.25) is 4.79 Å². The van der Waals surface area contributed by atoms with Crippen molar-refractivity contribution in [1.82, 2.24) is 0 Å². The maximum atomic E-state index is 12.8. The van der Waals surface area contributed by atoms with E-state index in [0.29, 0.717) is 0 Å². The number of nitrogens with one attached hydrogen (secondary N) is 1. The van der Waals surface area contributed by atoms with Crippen molar-refractivity contribution >= 4 is 28.1 Å². The average Bonchev–Trinajstić information content (AvgIpc) is 2.79. The van der Waals surface area contributed by atoms with E-state index < -0.39 is 0 Å². The second kappa shape index (κ2) is 8.53. The first-order chi connectivity index (χ1) is 14.1. The van der Waals surface area contributed by atoms with Crippen molar-refractivity contribution in [1.29, 1.82) is 0 Å². The Bertz CT molecular complexity index is 995. The number of anilines is 2. The first-order valence-corrected chi connectivity index (χ1v) is 9.95. The van der Waals surface area contributed by atoms with Crippen molar-refractivity contribution in [2.45, 2.75) is 12.8 Å². The topological polar surface area (TPSA) is 50.8 Å². The molecule has 0 radical (unpaired) electrons. The number of carbonyl (C=O) groups is 1. The monoisotopic (exact) mass is 390 g/mol. The number of amides is 1.